The molecule has 10 nitrogen and oxygen atoms in total. The van der Waals surface area contributed by atoms with E-state index in [0.717, 1.165) is 45.4 Å². The monoisotopic (exact) mass is 420 g/mol. The first-order chi connectivity index (χ1) is 14.7. The minimum atomic E-state index is -0.249. The van der Waals surface area contributed by atoms with E-state index in [-0.39, 0.29) is 30.3 Å². The van der Waals surface area contributed by atoms with Crippen LogP contribution in [0.1, 0.15) is 25.7 Å². The maximum Gasteiger partial charge on any atom is 0.409 e. The van der Waals surface area contributed by atoms with Crippen LogP contribution in [-0.2, 0) is 14.3 Å². The number of nitrogens with zero attached hydrogens (tertiary/aromatic N) is 3. The van der Waals surface area contributed by atoms with Gasteiger partial charge >= 0.3 is 6.09 Å². The summed E-state index contributed by atoms with van der Waals surface area (Å²) in [6.07, 6.45) is 3.43. The van der Waals surface area contributed by atoms with Gasteiger partial charge in [-0.3, -0.25) is 15.6 Å². The van der Waals surface area contributed by atoms with Crippen molar-refractivity contribution in [2.45, 2.75) is 50.2 Å². The molecular weight excluding hydrogens is 388 g/mol. The highest BCUT2D eigenvalue weighted by atomic mass is 16.7. The highest BCUT2D eigenvalue weighted by Crippen LogP contribution is 2.42. The lowest BCUT2D eigenvalue weighted by molar-refractivity contribution is -0.103. The first kappa shape index (κ1) is 20.4. The summed E-state index contributed by atoms with van der Waals surface area (Å²) < 4.78 is 10.2. The summed E-state index contributed by atoms with van der Waals surface area (Å²) in [5.74, 6) is 1.10. The number of hydroxylamine groups is 1. The van der Waals surface area contributed by atoms with E-state index in [2.05, 4.69) is 27.3 Å². The first-order valence-corrected chi connectivity index (χ1v) is 11.2. The van der Waals surface area contributed by atoms with Crippen molar-refractivity contribution in [1.82, 2.24) is 26.1 Å². The van der Waals surface area contributed by atoms with Crippen LogP contribution in [0.15, 0.2) is 0 Å². The van der Waals surface area contributed by atoms with Gasteiger partial charge in [0.1, 0.15) is 6.23 Å². The number of fused-ring (bicyclic) bond motifs is 1. The zero-order valence-corrected chi connectivity index (χ0v) is 17.5. The predicted octanol–water partition coefficient (Wildman–Crippen LogP) is -0.00502. The molecule has 0 aromatic rings. The normalized spacial score (nSPS) is 40.6. The predicted molar refractivity (Wildman–Crippen MR) is 105 cm³/mol. The number of rotatable bonds is 3. The SMILES string of the molecule is COC(=O)N1CCC(C2NOC(C3CC(C#N)C4CNN(C5COC5)C4C3)N2)CC1. The topological polar surface area (TPSA) is 111 Å². The van der Waals surface area contributed by atoms with Crippen LogP contribution in [0.3, 0.4) is 0 Å². The number of hydrazine groups is 1. The Kier molecular flexibility index (Phi) is 5.84. The number of carbonyl (C=O) groups is 1. The van der Waals surface area contributed by atoms with Crippen molar-refractivity contribution in [1.29, 1.82) is 5.26 Å². The van der Waals surface area contributed by atoms with Crippen LogP contribution in [0.2, 0.25) is 0 Å². The average Bonchev–Trinajstić information content (AvgIpc) is 3.39. The zero-order valence-electron chi connectivity index (χ0n) is 17.5. The Morgan fingerprint density at radius 3 is 2.67 bits per heavy atom. The number of nitriles is 1. The van der Waals surface area contributed by atoms with Gasteiger partial charge in [0.2, 0.25) is 0 Å². The molecule has 1 amide bonds. The summed E-state index contributed by atoms with van der Waals surface area (Å²) in [4.78, 5) is 19.5. The van der Waals surface area contributed by atoms with Crippen LogP contribution >= 0.6 is 0 Å². The van der Waals surface area contributed by atoms with Crippen molar-refractivity contribution < 1.29 is 19.1 Å². The van der Waals surface area contributed by atoms with Gasteiger partial charge in [0.25, 0.3) is 0 Å². The average molecular weight is 421 g/mol. The highest BCUT2D eigenvalue weighted by Gasteiger charge is 2.50. The molecule has 6 unspecified atom stereocenters. The number of ether oxygens (including phenoxy) is 2. The second kappa shape index (κ2) is 8.57. The molecule has 4 heterocycles. The van der Waals surface area contributed by atoms with Gasteiger partial charge in [-0.25, -0.2) is 9.80 Å². The molecule has 0 radical (unpaired) electrons. The van der Waals surface area contributed by atoms with E-state index in [1.807, 2.05) is 0 Å². The largest absolute Gasteiger partial charge is 0.453 e. The molecule has 3 N–H and O–H groups in total. The number of piperidine rings is 1. The second-order valence-electron chi connectivity index (χ2n) is 9.25. The molecule has 0 spiro atoms. The van der Waals surface area contributed by atoms with E-state index >= 15 is 0 Å². The van der Waals surface area contributed by atoms with E-state index in [0.29, 0.717) is 37.0 Å². The second-order valence-corrected chi connectivity index (χ2v) is 9.25. The van der Waals surface area contributed by atoms with Gasteiger partial charge in [0, 0.05) is 37.5 Å². The molecule has 0 aromatic heterocycles. The summed E-state index contributed by atoms with van der Waals surface area (Å²) in [5, 5.41) is 15.8. The van der Waals surface area contributed by atoms with Crippen LogP contribution in [0.4, 0.5) is 4.79 Å². The Labute approximate surface area is 177 Å². The zero-order chi connectivity index (χ0) is 20.7. The lowest BCUT2D eigenvalue weighted by Gasteiger charge is -2.43. The van der Waals surface area contributed by atoms with E-state index in [1.54, 1.807) is 4.90 Å². The van der Waals surface area contributed by atoms with E-state index in [4.69, 9.17) is 14.3 Å². The number of nitrogens with one attached hydrogen (secondary N) is 3. The van der Waals surface area contributed by atoms with Crippen LogP contribution < -0.4 is 16.2 Å². The van der Waals surface area contributed by atoms with Gasteiger partial charge in [0.15, 0.2) is 0 Å². The van der Waals surface area contributed by atoms with Gasteiger partial charge in [0.05, 0.1) is 44.5 Å². The Morgan fingerprint density at radius 1 is 1.20 bits per heavy atom. The number of amides is 1. The third-order valence-corrected chi connectivity index (χ3v) is 7.70. The summed E-state index contributed by atoms with van der Waals surface area (Å²) >= 11 is 0. The van der Waals surface area contributed by atoms with Crippen LogP contribution in [-0.4, -0.2) is 80.4 Å². The smallest absolute Gasteiger partial charge is 0.409 e. The van der Waals surface area contributed by atoms with Gasteiger partial charge in [-0.15, -0.1) is 0 Å². The lowest BCUT2D eigenvalue weighted by atomic mass is 9.71. The number of carbonyl (C=O) groups excluding carboxylic acids is 1. The number of methoxy groups -OCH3 is 1. The molecule has 5 aliphatic rings. The molecule has 30 heavy (non-hydrogen) atoms. The van der Waals surface area contributed by atoms with Gasteiger partial charge in [-0.05, 0) is 31.6 Å². The highest BCUT2D eigenvalue weighted by molar-refractivity contribution is 5.67. The maximum absolute atomic E-state index is 11.7. The van der Waals surface area contributed by atoms with Crippen molar-refractivity contribution in [3.63, 3.8) is 0 Å². The minimum Gasteiger partial charge on any atom is -0.453 e. The Balaban J connectivity index is 1.18. The molecule has 1 saturated carbocycles. The van der Waals surface area contributed by atoms with Crippen LogP contribution in [0.5, 0.6) is 0 Å². The third-order valence-electron chi connectivity index (χ3n) is 7.70. The van der Waals surface area contributed by atoms with E-state index in [1.165, 1.54) is 7.11 Å². The van der Waals surface area contributed by atoms with Crippen molar-refractivity contribution in [3.05, 3.63) is 0 Å². The first-order valence-electron chi connectivity index (χ1n) is 11.2. The Hall–Kier alpha value is -1.48. The van der Waals surface area contributed by atoms with Crippen molar-refractivity contribution >= 4 is 6.09 Å². The van der Waals surface area contributed by atoms with E-state index < -0.39 is 0 Å². The minimum absolute atomic E-state index is 0.0417. The summed E-state index contributed by atoms with van der Waals surface area (Å²) in [6.45, 7) is 3.82. The van der Waals surface area contributed by atoms with Crippen molar-refractivity contribution in [3.8, 4) is 6.07 Å². The third kappa shape index (κ3) is 3.68. The van der Waals surface area contributed by atoms with E-state index in [9.17, 15) is 10.1 Å². The Morgan fingerprint density at radius 2 is 2.00 bits per heavy atom. The van der Waals surface area contributed by atoms with Crippen molar-refractivity contribution in [2.24, 2.45) is 23.7 Å². The summed E-state index contributed by atoms with van der Waals surface area (Å²) in [5.41, 5.74) is 6.74. The lowest BCUT2D eigenvalue weighted by Crippen LogP contribution is -2.57. The quantitative estimate of drug-likeness (QED) is 0.581. The standard InChI is InChI=1S/C20H32N6O4/c1-28-20(27)25-4-2-12(3-5-25)18-23-19(30-24-18)13-6-14(8-21)16-9-22-26(17(16)7-13)15-10-29-11-15/h12-19,22-24H,2-7,9-11H2,1H3. The molecule has 5 fully saturated rings. The van der Waals surface area contributed by atoms with Gasteiger partial charge < -0.3 is 14.4 Å². The Bertz CT molecular complexity index is 677. The van der Waals surface area contributed by atoms with Gasteiger partial charge in [-0.1, -0.05) is 0 Å². The molecule has 4 aliphatic heterocycles. The molecule has 1 aliphatic carbocycles. The van der Waals surface area contributed by atoms with Crippen molar-refractivity contribution in [2.75, 3.05) is 40.0 Å². The summed E-state index contributed by atoms with van der Waals surface area (Å²) in [6, 6.07) is 3.34. The van der Waals surface area contributed by atoms with Crippen LogP contribution in [0, 0.1) is 35.0 Å². The molecular formula is C20H32N6O4. The van der Waals surface area contributed by atoms with Gasteiger partial charge in [-0.2, -0.15) is 10.7 Å². The molecule has 4 saturated heterocycles. The fourth-order valence-corrected chi connectivity index (χ4v) is 5.86. The maximum atomic E-state index is 11.7. The number of hydrogen-bond donors (Lipinski definition) is 3. The van der Waals surface area contributed by atoms with Crippen LogP contribution in [0.25, 0.3) is 0 Å². The molecule has 0 aromatic carbocycles. The summed E-state index contributed by atoms with van der Waals surface area (Å²) in [7, 11) is 1.43. The molecule has 10 heteroatoms. The number of likely N-dealkylation sites (tertiary alicyclic amines) is 1. The fraction of sp³-hybridized carbons (Fsp3) is 0.900. The fourth-order valence-electron chi connectivity index (χ4n) is 5.86. The molecule has 166 valence electrons. The molecule has 6 atom stereocenters. The molecule has 0 bridgehead atoms. The molecule has 5 rings (SSSR count). The number of hydrogen-bond acceptors (Lipinski definition) is 9.